The molecule has 1 atom stereocenters. The number of nitrogens with zero attached hydrogens (tertiary/aromatic N) is 1. The zero-order valence-electron chi connectivity index (χ0n) is 12.0. The summed E-state index contributed by atoms with van der Waals surface area (Å²) in [4.78, 5) is 35.4. The molecule has 0 radical (unpaired) electrons. The number of carbonyl (C=O) groups excluding carboxylic acids is 2. The molecule has 0 fully saturated rings. The van der Waals surface area contributed by atoms with E-state index < -0.39 is 23.9 Å². The fourth-order valence-electron chi connectivity index (χ4n) is 1.93. The average molecular weight is 293 g/mol. The fourth-order valence-corrected chi connectivity index (χ4v) is 1.93. The van der Waals surface area contributed by atoms with Crippen LogP contribution in [0.25, 0.3) is 0 Å². The van der Waals surface area contributed by atoms with Crippen LogP contribution >= 0.6 is 0 Å². The number of carbonyl (C=O) groups is 3. The highest BCUT2D eigenvalue weighted by atomic mass is 16.4. The van der Waals surface area contributed by atoms with Gasteiger partial charge in [-0.2, -0.15) is 0 Å². The minimum absolute atomic E-state index is 0.0177. The van der Waals surface area contributed by atoms with Gasteiger partial charge in [0.25, 0.3) is 0 Å². The summed E-state index contributed by atoms with van der Waals surface area (Å²) in [6.07, 6.45) is -0.191. The van der Waals surface area contributed by atoms with Gasteiger partial charge in [0, 0.05) is 12.2 Å². The van der Waals surface area contributed by atoms with Crippen LogP contribution in [0.5, 0.6) is 0 Å². The minimum Gasteiger partial charge on any atom is -0.481 e. The van der Waals surface area contributed by atoms with Crippen LogP contribution in [-0.4, -0.2) is 35.6 Å². The van der Waals surface area contributed by atoms with Crippen LogP contribution in [0, 0.1) is 6.92 Å². The second kappa shape index (κ2) is 7.28. The third kappa shape index (κ3) is 4.79. The van der Waals surface area contributed by atoms with Crippen molar-refractivity contribution in [1.29, 1.82) is 0 Å². The summed E-state index contributed by atoms with van der Waals surface area (Å²) < 4.78 is 0. The molecule has 0 saturated carbocycles. The predicted molar refractivity (Wildman–Crippen MR) is 78.0 cm³/mol. The third-order valence-electron chi connectivity index (χ3n) is 2.95. The summed E-state index contributed by atoms with van der Waals surface area (Å²) in [5, 5.41) is 11.1. The lowest BCUT2D eigenvalue weighted by Crippen LogP contribution is -2.49. The van der Waals surface area contributed by atoms with Crippen LogP contribution in [0.4, 0.5) is 10.5 Å². The first-order valence-corrected chi connectivity index (χ1v) is 6.47. The Bertz CT molecular complexity index is 545. The van der Waals surface area contributed by atoms with Gasteiger partial charge in [-0.25, -0.2) is 4.79 Å². The summed E-state index contributed by atoms with van der Waals surface area (Å²) >= 11 is 0. The molecule has 3 amide bonds. The first kappa shape index (κ1) is 16.5. The van der Waals surface area contributed by atoms with Crippen molar-refractivity contribution in [3.05, 3.63) is 29.8 Å². The molecule has 0 saturated heterocycles. The maximum Gasteiger partial charge on any atom is 0.312 e. The van der Waals surface area contributed by atoms with E-state index in [2.05, 4.69) is 5.32 Å². The molecule has 1 rings (SSSR count). The summed E-state index contributed by atoms with van der Waals surface area (Å²) in [5.74, 6) is -1.42. The van der Waals surface area contributed by atoms with Crippen molar-refractivity contribution in [2.75, 3.05) is 11.4 Å². The number of aliphatic carboxylic acids is 1. The fraction of sp³-hybridized carbons (Fsp3) is 0.357. The molecule has 1 aromatic rings. The molecule has 0 heterocycles. The van der Waals surface area contributed by atoms with E-state index in [0.717, 1.165) is 5.56 Å². The predicted octanol–water partition coefficient (Wildman–Crippen LogP) is 0.860. The van der Waals surface area contributed by atoms with Crippen molar-refractivity contribution in [2.45, 2.75) is 26.3 Å². The molecule has 7 nitrogen and oxygen atoms in total. The lowest BCUT2D eigenvalue weighted by atomic mass is 10.1. The summed E-state index contributed by atoms with van der Waals surface area (Å²) in [7, 11) is 0. The van der Waals surface area contributed by atoms with Crippen LogP contribution in [0.2, 0.25) is 0 Å². The number of rotatable bonds is 6. The zero-order chi connectivity index (χ0) is 16.0. The maximum absolute atomic E-state index is 12.4. The topological polar surface area (TPSA) is 113 Å². The van der Waals surface area contributed by atoms with Gasteiger partial charge in [0.2, 0.25) is 5.91 Å². The van der Waals surface area contributed by atoms with Gasteiger partial charge in [0.1, 0.15) is 6.04 Å². The molecule has 0 spiro atoms. The number of aryl methyl sites for hydroxylation is 1. The smallest absolute Gasteiger partial charge is 0.312 e. The van der Waals surface area contributed by atoms with E-state index in [-0.39, 0.29) is 13.0 Å². The Kier molecular flexibility index (Phi) is 5.71. The van der Waals surface area contributed by atoms with E-state index in [1.54, 1.807) is 12.1 Å². The molecule has 0 aliphatic rings. The molecule has 1 unspecified atom stereocenters. The Hall–Kier alpha value is -2.57. The molecule has 0 aliphatic heterocycles. The van der Waals surface area contributed by atoms with E-state index >= 15 is 0 Å². The highest BCUT2D eigenvalue weighted by molar-refractivity contribution is 5.99. The number of carboxylic acids is 1. The number of anilines is 1. The zero-order valence-corrected chi connectivity index (χ0v) is 12.0. The normalized spacial score (nSPS) is 11.5. The molecular weight excluding hydrogens is 274 g/mol. The van der Waals surface area contributed by atoms with Crippen molar-refractivity contribution in [2.24, 2.45) is 5.73 Å². The number of urea groups is 1. The Labute approximate surface area is 122 Å². The van der Waals surface area contributed by atoms with Crippen LogP contribution in [0.3, 0.4) is 0 Å². The number of benzene rings is 1. The Morgan fingerprint density at radius 1 is 1.33 bits per heavy atom. The van der Waals surface area contributed by atoms with Gasteiger partial charge in [-0.1, -0.05) is 18.2 Å². The molecule has 7 heteroatoms. The molecule has 21 heavy (non-hydrogen) atoms. The van der Waals surface area contributed by atoms with Crippen LogP contribution in [-0.2, 0) is 9.59 Å². The van der Waals surface area contributed by atoms with E-state index in [0.29, 0.717) is 5.69 Å². The first-order valence-electron chi connectivity index (χ1n) is 6.47. The van der Waals surface area contributed by atoms with E-state index in [1.165, 1.54) is 11.8 Å². The Morgan fingerprint density at radius 2 is 1.95 bits per heavy atom. The van der Waals surface area contributed by atoms with Crippen molar-refractivity contribution in [3.8, 4) is 0 Å². The number of hydrogen-bond acceptors (Lipinski definition) is 3. The summed E-state index contributed by atoms with van der Waals surface area (Å²) in [5.41, 5.74) is 6.46. The van der Waals surface area contributed by atoms with E-state index in [9.17, 15) is 14.4 Å². The highest BCUT2D eigenvalue weighted by Gasteiger charge is 2.24. The molecular formula is C14H19N3O4. The number of nitrogens with two attached hydrogens (primary N) is 1. The number of amides is 3. The minimum atomic E-state index is -1.00. The van der Waals surface area contributed by atoms with Gasteiger partial charge in [-0.05, 0) is 25.5 Å². The standard InChI is InChI=1S/C14H19N3O4/c1-9-5-3-4-6-11(9)17(8-7-12(18)19)13(20)10(2)16-14(15)21/h3-6,10H,7-8H2,1-2H3,(H,18,19)(H3,15,16,21). The third-order valence-corrected chi connectivity index (χ3v) is 2.95. The van der Waals surface area contributed by atoms with E-state index in [1.807, 2.05) is 19.1 Å². The Balaban J connectivity index is 3.02. The molecule has 1 aromatic carbocycles. The summed E-state index contributed by atoms with van der Waals surface area (Å²) in [6, 6.07) is 5.49. The lowest BCUT2D eigenvalue weighted by molar-refractivity contribution is -0.136. The second-order valence-electron chi connectivity index (χ2n) is 4.65. The highest BCUT2D eigenvalue weighted by Crippen LogP contribution is 2.20. The number of nitrogens with one attached hydrogen (secondary N) is 1. The molecule has 114 valence electrons. The van der Waals surface area contributed by atoms with Crippen LogP contribution in [0.1, 0.15) is 18.9 Å². The molecule has 0 aliphatic carbocycles. The van der Waals surface area contributed by atoms with Crippen LogP contribution in [0.15, 0.2) is 24.3 Å². The number of carboxylic acid groups (broad SMARTS) is 1. The van der Waals surface area contributed by atoms with Gasteiger partial charge in [-0.3, -0.25) is 9.59 Å². The Morgan fingerprint density at radius 3 is 2.48 bits per heavy atom. The van der Waals surface area contributed by atoms with Gasteiger partial charge in [0.05, 0.1) is 6.42 Å². The first-order chi connectivity index (χ1) is 9.82. The largest absolute Gasteiger partial charge is 0.481 e. The van der Waals surface area contributed by atoms with Gasteiger partial charge < -0.3 is 21.1 Å². The van der Waals surface area contributed by atoms with Crippen LogP contribution < -0.4 is 16.0 Å². The van der Waals surface area contributed by atoms with Crippen molar-refractivity contribution < 1.29 is 19.5 Å². The lowest BCUT2D eigenvalue weighted by Gasteiger charge is -2.27. The monoisotopic (exact) mass is 293 g/mol. The van der Waals surface area contributed by atoms with Gasteiger partial charge in [-0.15, -0.1) is 0 Å². The quantitative estimate of drug-likeness (QED) is 0.722. The maximum atomic E-state index is 12.4. The number of primary amides is 1. The van der Waals surface area contributed by atoms with E-state index in [4.69, 9.17) is 10.8 Å². The molecule has 0 aromatic heterocycles. The average Bonchev–Trinajstić information content (AvgIpc) is 2.39. The van der Waals surface area contributed by atoms with Gasteiger partial charge in [0.15, 0.2) is 0 Å². The van der Waals surface area contributed by atoms with Crippen molar-refractivity contribution in [3.63, 3.8) is 0 Å². The summed E-state index contributed by atoms with van der Waals surface area (Å²) in [6.45, 7) is 3.34. The number of hydrogen-bond donors (Lipinski definition) is 3. The van der Waals surface area contributed by atoms with Crippen molar-refractivity contribution >= 4 is 23.6 Å². The van der Waals surface area contributed by atoms with Gasteiger partial charge >= 0.3 is 12.0 Å². The SMILES string of the molecule is Cc1ccccc1N(CCC(=O)O)C(=O)C(C)NC(N)=O. The molecule has 0 bridgehead atoms. The molecule has 4 N–H and O–H groups in total. The number of para-hydroxylation sites is 1. The van der Waals surface area contributed by atoms with Crippen molar-refractivity contribution in [1.82, 2.24) is 5.32 Å². The second-order valence-corrected chi connectivity index (χ2v) is 4.65.